The summed E-state index contributed by atoms with van der Waals surface area (Å²) in [6.45, 7) is 1.80. The van der Waals surface area contributed by atoms with Gasteiger partial charge in [-0.2, -0.15) is 0 Å². The van der Waals surface area contributed by atoms with Gasteiger partial charge in [0.15, 0.2) is 0 Å². The smallest absolute Gasteiger partial charge is 0.417 e. The highest BCUT2D eigenvalue weighted by atomic mass is 16.6. The molecule has 0 spiro atoms. The van der Waals surface area contributed by atoms with E-state index in [2.05, 4.69) is 0 Å². The summed E-state index contributed by atoms with van der Waals surface area (Å²) in [7, 11) is 0. The van der Waals surface area contributed by atoms with Crippen molar-refractivity contribution in [2.45, 2.75) is 37.3 Å². The van der Waals surface area contributed by atoms with Crippen LogP contribution in [0.2, 0.25) is 0 Å². The number of hydrogen-bond donors (Lipinski definition) is 0. The van der Waals surface area contributed by atoms with Crippen LogP contribution < -0.4 is 0 Å². The number of ether oxygens (including phenoxy) is 1. The van der Waals surface area contributed by atoms with Crippen molar-refractivity contribution >= 4 is 17.8 Å². The molecule has 1 saturated carbocycles. The maximum Gasteiger partial charge on any atom is 0.417 e. The first-order valence-electron chi connectivity index (χ1n) is 11.3. The Balaban J connectivity index is 1.51. The molecular formula is C28H25NO4. The Kier molecular flexibility index (Phi) is 5.55. The van der Waals surface area contributed by atoms with Crippen LogP contribution in [0.1, 0.15) is 48.0 Å². The Morgan fingerprint density at radius 3 is 1.88 bits per heavy atom. The molecule has 5 nitrogen and oxygen atoms in total. The molecule has 5 rings (SSSR count). The fourth-order valence-corrected chi connectivity index (χ4v) is 5.32. The van der Waals surface area contributed by atoms with E-state index in [0.29, 0.717) is 0 Å². The number of carbonyl (C=O) groups excluding carboxylic acids is 3. The van der Waals surface area contributed by atoms with E-state index in [4.69, 9.17) is 4.74 Å². The van der Waals surface area contributed by atoms with E-state index in [-0.39, 0.29) is 24.0 Å². The van der Waals surface area contributed by atoms with Gasteiger partial charge in [0.25, 0.3) is 0 Å². The average molecular weight is 440 g/mol. The van der Waals surface area contributed by atoms with E-state index >= 15 is 0 Å². The molecule has 0 aromatic heterocycles. The SMILES string of the molecule is C[C@H]1[C@@H](c2ccccc2)OC(=O)N1C(=O)[C@H]1C(=O)C[C@@H](c2ccccc2)[C@@H]1c1ccccc1. The van der Waals surface area contributed by atoms with E-state index in [1.165, 1.54) is 0 Å². The van der Waals surface area contributed by atoms with E-state index in [1.54, 1.807) is 6.92 Å². The second-order valence-corrected chi connectivity index (χ2v) is 8.77. The molecule has 0 N–H and O–H groups in total. The second kappa shape index (κ2) is 8.66. The Morgan fingerprint density at radius 2 is 1.30 bits per heavy atom. The summed E-state index contributed by atoms with van der Waals surface area (Å²) in [6, 6.07) is 28.4. The Morgan fingerprint density at radius 1 is 0.788 bits per heavy atom. The number of ketones is 1. The van der Waals surface area contributed by atoms with Gasteiger partial charge >= 0.3 is 6.09 Å². The van der Waals surface area contributed by atoms with Crippen LogP contribution in [-0.4, -0.2) is 28.7 Å². The fourth-order valence-electron chi connectivity index (χ4n) is 5.32. The average Bonchev–Trinajstić information content (AvgIpc) is 3.36. The van der Waals surface area contributed by atoms with E-state index in [0.717, 1.165) is 21.6 Å². The van der Waals surface area contributed by atoms with Gasteiger partial charge in [0.1, 0.15) is 17.8 Å². The zero-order chi connectivity index (χ0) is 22.9. The van der Waals surface area contributed by atoms with Crippen LogP contribution in [-0.2, 0) is 14.3 Å². The fraction of sp³-hybridized carbons (Fsp3) is 0.250. The second-order valence-electron chi connectivity index (χ2n) is 8.77. The zero-order valence-electron chi connectivity index (χ0n) is 18.3. The van der Waals surface area contributed by atoms with Crippen molar-refractivity contribution in [1.82, 2.24) is 4.90 Å². The molecule has 5 atom stereocenters. The molecule has 1 heterocycles. The summed E-state index contributed by atoms with van der Waals surface area (Å²) in [5.41, 5.74) is 2.78. The number of benzene rings is 3. The van der Waals surface area contributed by atoms with Crippen LogP contribution in [0.25, 0.3) is 0 Å². The summed E-state index contributed by atoms with van der Waals surface area (Å²) >= 11 is 0. The van der Waals surface area contributed by atoms with E-state index in [9.17, 15) is 14.4 Å². The quantitative estimate of drug-likeness (QED) is 0.521. The monoisotopic (exact) mass is 439 g/mol. The number of carbonyl (C=O) groups is 3. The predicted molar refractivity (Wildman–Crippen MR) is 123 cm³/mol. The summed E-state index contributed by atoms with van der Waals surface area (Å²) < 4.78 is 5.60. The minimum atomic E-state index is -0.929. The Bertz CT molecular complexity index is 1160. The van der Waals surface area contributed by atoms with E-state index < -0.39 is 30.1 Å². The highest BCUT2D eigenvalue weighted by molar-refractivity contribution is 6.09. The van der Waals surface area contributed by atoms with Crippen LogP contribution in [0.4, 0.5) is 4.79 Å². The van der Waals surface area contributed by atoms with Crippen LogP contribution in [0.3, 0.4) is 0 Å². The molecule has 3 aromatic rings. The number of hydrogen-bond acceptors (Lipinski definition) is 4. The van der Waals surface area contributed by atoms with Crippen molar-refractivity contribution in [3.05, 3.63) is 108 Å². The van der Waals surface area contributed by atoms with Gasteiger partial charge < -0.3 is 4.74 Å². The molecule has 33 heavy (non-hydrogen) atoms. The molecule has 0 unspecified atom stereocenters. The highest BCUT2D eigenvalue weighted by Gasteiger charge is 2.53. The van der Waals surface area contributed by atoms with Gasteiger partial charge in [-0.1, -0.05) is 91.0 Å². The van der Waals surface area contributed by atoms with Gasteiger partial charge in [-0.05, 0) is 29.5 Å². The number of rotatable bonds is 4. The molecule has 2 amide bonds. The lowest BCUT2D eigenvalue weighted by molar-refractivity contribution is -0.138. The minimum absolute atomic E-state index is 0.131. The van der Waals surface area contributed by atoms with Crippen LogP contribution >= 0.6 is 0 Å². The topological polar surface area (TPSA) is 63.7 Å². The van der Waals surface area contributed by atoms with Crippen LogP contribution in [0, 0.1) is 5.92 Å². The molecule has 1 aliphatic heterocycles. The lowest BCUT2D eigenvalue weighted by atomic mass is 9.79. The number of amides is 2. The van der Waals surface area contributed by atoms with E-state index in [1.807, 2.05) is 91.0 Å². The number of nitrogens with zero attached hydrogens (tertiary/aromatic N) is 1. The van der Waals surface area contributed by atoms with Crippen molar-refractivity contribution in [3.8, 4) is 0 Å². The maximum absolute atomic E-state index is 13.8. The maximum atomic E-state index is 13.8. The minimum Gasteiger partial charge on any atom is -0.439 e. The first-order chi connectivity index (χ1) is 16.1. The third kappa shape index (κ3) is 3.74. The largest absolute Gasteiger partial charge is 0.439 e. The molecule has 2 aliphatic rings. The molecule has 166 valence electrons. The van der Waals surface area contributed by atoms with Gasteiger partial charge in [-0.25, -0.2) is 9.69 Å². The standard InChI is InChI=1S/C28H25NO4/c1-18-26(21-15-9-4-10-16-21)33-28(32)29(18)27(31)25-23(30)17-22(19-11-5-2-6-12-19)24(25)20-13-7-3-8-14-20/h2-16,18,22,24-26H,17H2,1H3/t18-,22-,24-,25-,26-/m0/s1. The van der Waals surface area contributed by atoms with Crippen molar-refractivity contribution in [1.29, 1.82) is 0 Å². The summed E-state index contributed by atoms with van der Waals surface area (Å²) in [6.07, 6.45) is -0.984. The van der Waals surface area contributed by atoms with Gasteiger partial charge in [-0.3, -0.25) is 9.59 Å². The molecule has 1 saturated heterocycles. The normalized spacial score (nSPS) is 26.9. The number of Topliss-reactive ketones (excluding diaryl/α,β-unsaturated/α-hetero) is 1. The van der Waals surface area contributed by atoms with Crippen molar-refractivity contribution in [2.75, 3.05) is 0 Å². The molecule has 3 aromatic carbocycles. The van der Waals surface area contributed by atoms with Crippen molar-refractivity contribution in [2.24, 2.45) is 5.92 Å². The van der Waals surface area contributed by atoms with Crippen LogP contribution in [0.15, 0.2) is 91.0 Å². The predicted octanol–water partition coefficient (Wildman–Crippen LogP) is 5.25. The lowest BCUT2D eigenvalue weighted by Crippen LogP contribution is -2.44. The molecule has 5 heteroatoms. The third-order valence-corrected chi connectivity index (χ3v) is 6.87. The Labute approximate surface area is 193 Å². The first kappa shape index (κ1) is 21.1. The zero-order valence-corrected chi connectivity index (χ0v) is 18.3. The van der Waals surface area contributed by atoms with Crippen molar-refractivity contribution < 1.29 is 19.1 Å². The number of imide groups is 1. The summed E-state index contributed by atoms with van der Waals surface area (Å²) in [4.78, 5) is 41.1. The van der Waals surface area contributed by atoms with Gasteiger partial charge in [0.2, 0.25) is 5.91 Å². The molecular weight excluding hydrogens is 414 g/mol. The molecule has 0 bridgehead atoms. The highest BCUT2D eigenvalue weighted by Crippen LogP contribution is 2.49. The third-order valence-electron chi connectivity index (χ3n) is 6.87. The molecule has 2 fully saturated rings. The van der Waals surface area contributed by atoms with Crippen LogP contribution in [0.5, 0.6) is 0 Å². The van der Waals surface area contributed by atoms with Gasteiger partial charge in [0.05, 0.1) is 6.04 Å². The summed E-state index contributed by atoms with van der Waals surface area (Å²) in [5, 5.41) is 0. The van der Waals surface area contributed by atoms with Gasteiger partial charge in [-0.15, -0.1) is 0 Å². The van der Waals surface area contributed by atoms with Crippen molar-refractivity contribution in [3.63, 3.8) is 0 Å². The number of cyclic esters (lactones) is 1. The first-order valence-corrected chi connectivity index (χ1v) is 11.3. The lowest BCUT2D eigenvalue weighted by Gasteiger charge is -2.27. The molecule has 0 radical (unpaired) electrons. The molecule has 1 aliphatic carbocycles. The summed E-state index contributed by atoms with van der Waals surface area (Å²) in [5.74, 6) is -2.01. The van der Waals surface area contributed by atoms with Gasteiger partial charge in [0, 0.05) is 12.3 Å². The Hall–Kier alpha value is -3.73.